The Hall–Kier alpha value is -5.12. The lowest BCUT2D eigenvalue weighted by atomic mass is 10.0. The normalized spacial score (nSPS) is 10.8. The fourth-order valence-corrected chi connectivity index (χ4v) is 5.22. The largest absolute Gasteiger partial charge is 0.392 e. The lowest BCUT2D eigenvalue weighted by Crippen LogP contribution is -2.10. The first-order chi connectivity index (χ1) is 20.6. The zero-order valence-corrected chi connectivity index (χ0v) is 24.0. The van der Waals surface area contributed by atoms with Gasteiger partial charge in [-0.2, -0.15) is 0 Å². The molecule has 3 heteroatoms. The third-order valence-electron chi connectivity index (χ3n) is 7.56. The SMILES string of the molecule is Cc1ccc(N(c2ccccc2)c2ccc(-c3ccc(N(c4ccc(C)cc4)c4ccc(CO)cc4)cc3)cc2)cc1. The molecule has 0 radical (unpaired) electrons. The smallest absolute Gasteiger partial charge is 0.0681 e. The van der Waals surface area contributed by atoms with Crippen molar-refractivity contribution in [3.8, 4) is 11.1 Å². The van der Waals surface area contributed by atoms with Crippen molar-refractivity contribution in [2.45, 2.75) is 20.5 Å². The maximum atomic E-state index is 9.53. The van der Waals surface area contributed by atoms with Crippen molar-refractivity contribution in [1.29, 1.82) is 0 Å². The summed E-state index contributed by atoms with van der Waals surface area (Å²) in [4.78, 5) is 4.53. The van der Waals surface area contributed by atoms with E-state index >= 15 is 0 Å². The third-order valence-corrected chi connectivity index (χ3v) is 7.56. The summed E-state index contributed by atoms with van der Waals surface area (Å²) in [5.74, 6) is 0. The molecule has 0 heterocycles. The van der Waals surface area contributed by atoms with Crippen LogP contribution in [0.15, 0.2) is 152 Å². The van der Waals surface area contributed by atoms with E-state index in [1.165, 1.54) is 11.1 Å². The summed E-state index contributed by atoms with van der Waals surface area (Å²) in [6.45, 7) is 4.25. The van der Waals surface area contributed by atoms with E-state index in [1.54, 1.807) is 0 Å². The van der Waals surface area contributed by atoms with Gasteiger partial charge in [-0.3, -0.25) is 0 Å². The first-order valence-electron chi connectivity index (χ1n) is 14.3. The minimum absolute atomic E-state index is 0.0342. The molecule has 1 N–H and O–H groups in total. The molecule has 0 aliphatic heterocycles. The lowest BCUT2D eigenvalue weighted by Gasteiger charge is -2.26. The minimum atomic E-state index is 0.0342. The molecule has 0 bridgehead atoms. The number of anilines is 6. The molecule has 6 aromatic carbocycles. The molecule has 0 aliphatic rings. The van der Waals surface area contributed by atoms with Gasteiger partial charge in [0, 0.05) is 34.1 Å². The Balaban J connectivity index is 1.31. The molecule has 0 atom stereocenters. The zero-order chi connectivity index (χ0) is 28.9. The predicted molar refractivity (Wildman–Crippen MR) is 177 cm³/mol. The fraction of sp³-hybridized carbons (Fsp3) is 0.0769. The lowest BCUT2D eigenvalue weighted by molar-refractivity contribution is 0.282. The van der Waals surface area contributed by atoms with E-state index in [9.17, 15) is 5.11 Å². The maximum absolute atomic E-state index is 9.53. The highest BCUT2D eigenvalue weighted by Gasteiger charge is 2.14. The zero-order valence-electron chi connectivity index (χ0n) is 24.0. The van der Waals surface area contributed by atoms with E-state index in [2.05, 4.69) is 157 Å². The molecule has 0 unspecified atom stereocenters. The monoisotopic (exact) mass is 546 g/mol. The number of hydrogen-bond acceptors (Lipinski definition) is 3. The van der Waals surface area contributed by atoms with Gasteiger partial charge in [0.05, 0.1) is 6.61 Å². The highest BCUT2D eigenvalue weighted by molar-refractivity contribution is 5.80. The standard InChI is InChI=1S/C39H34N2O/c1-29-8-18-35(19-9-29)40(34-6-4-3-5-7-34)38-24-14-32(15-25-38)33-16-26-39(27-17-33)41(36-20-10-30(2)11-21-36)37-22-12-31(28-42)13-23-37/h3-27,42H,28H2,1-2H3. The average Bonchev–Trinajstić information content (AvgIpc) is 3.05. The molecular weight excluding hydrogens is 512 g/mol. The topological polar surface area (TPSA) is 26.7 Å². The van der Waals surface area contributed by atoms with Crippen LogP contribution in [0.3, 0.4) is 0 Å². The first kappa shape index (κ1) is 27.1. The second kappa shape index (κ2) is 12.2. The summed E-state index contributed by atoms with van der Waals surface area (Å²) in [6.07, 6.45) is 0. The van der Waals surface area contributed by atoms with Crippen molar-refractivity contribution in [3.05, 3.63) is 168 Å². The molecule has 0 amide bonds. The Labute approximate surface area is 248 Å². The molecule has 0 saturated heterocycles. The van der Waals surface area contributed by atoms with Crippen LogP contribution in [0, 0.1) is 13.8 Å². The van der Waals surface area contributed by atoms with Crippen LogP contribution in [0.4, 0.5) is 34.1 Å². The van der Waals surface area contributed by atoms with Gasteiger partial charge in [-0.1, -0.05) is 90.0 Å². The van der Waals surface area contributed by atoms with Gasteiger partial charge >= 0.3 is 0 Å². The van der Waals surface area contributed by atoms with Crippen LogP contribution < -0.4 is 9.80 Å². The first-order valence-corrected chi connectivity index (χ1v) is 14.3. The summed E-state index contributed by atoms with van der Waals surface area (Å²) in [5.41, 5.74) is 12.3. The molecule has 3 nitrogen and oxygen atoms in total. The second-order valence-electron chi connectivity index (χ2n) is 10.6. The van der Waals surface area contributed by atoms with E-state index < -0.39 is 0 Å². The summed E-state index contributed by atoms with van der Waals surface area (Å²) >= 11 is 0. The van der Waals surface area contributed by atoms with E-state index in [-0.39, 0.29) is 6.61 Å². The van der Waals surface area contributed by atoms with Crippen molar-refractivity contribution in [2.75, 3.05) is 9.80 Å². The van der Waals surface area contributed by atoms with Crippen LogP contribution >= 0.6 is 0 Å². The van der Waals surface area contributed by atoms with Crippen LogP contribution in [0.1, 0.15) is 16.7 Å². The molecule has 0 aliphatic carbocycles. The van der Waals surface area contributed by atoms with Gasteiger partial charge in [0.15, 0.2) is 0 Å². The average molecular weight is 547 g/mol. The van der Waals surface area contributed by atoms with Gasteiger partial charge in [0.25, 0.3) is 0 Å². The Morgan fingerprint density at radius 1 is 0.381 bits per heavy atom. The molecule has 206 valence electrons. The quantitative estimate of drug-likeness (QED) is 0.206. The van der Waals surface area contributed by atoms with Gasteiger partial charge in [0.2, 0.25) is 0 Å². The third kappa shape index (κ3) is 5.83. The number of aryl methyl sites for hydroxylation is 2. The number of rotatable bonds is 8. The fourth-order valence-electron chi connectivity index (χ4n) is 5.22. The Morgan fingerprint density at radius 2 is 0.690 bits per heavy atom. The Bertz CT molecular complexity index is 1730. The van der Waals surface area contributed by atoms with Crippen LogP contribution in [-0.2, 0) is 6.61 Å². The highest BCUT2D eigenvalue weighted by atomic mass is 16.3. The Morgan fingerprint density at radius 3 is 1.05 bits per heavy atom. The van der Waals surface area contributed by atoms with Crippen molar-refractivity contribution in [1.82, 2.24) is 0 Å². The highest BCUT2D eigenvalue weighted by Crippen LogP contribution is 2.38. The molecule has 6 rings (SSSR count). The molecule has 0 aromatic heterocycles. The van der Waals surface area contributed by atoms with Crippen molar-refractivity contribution in [2.24, 2.45) is 0 Å². The molecule has 0 saturated carbocycles. The molecule has 0 spiro atoms. The van der Waals surface area contributed by atoms with Gasteiger partial charge in [-0.25, -0.2) is 0 Å². The molecule has 42 heavy (non-hydrogen) atoms. The number of aliphatic hydroxyl groups excluding tert-OH is 1. The van der Waals surface area contributed by atoms with Crippen LogP contribution in [0.2, 0.25) is 0 Å². The number of para-hydroxylation sites is 1. The van der Waals surface area contributed by atoms with Crippen molar-refractivity contribution >= 4 is 34.1 Å². The van der Waals surface area contributed by atoms with E-state index in [0.717, 1.165) is 50.8 Å². The summed E-state index contributed by atoms with van der Waals surface area (Å²) in [6, 6.07) is 53.3. The van der Waals surface area contributed by atoms with E-state index in [1.807, 2.05) is 18.2 Å². The molecule has 0 fully saturated rings. The predicted octanol–water partition coefficient (Wildman–Crippen LogP) is 10.4. The van der Waals surface area contributed by atoms with Gasteiger partial charge < -0.3 is 14.9 Å². The summed E-state index contributed by atoms with van der Waals surface area (Å²) in [5, 5.41) is 9.53. The van der Waals surface area contributed by atoms with Crippen LogP contribution in [0.5, 0.6) is 0 Å². The van der Waals surface area contributed by atoms with Crippen LogP contribution in [0.25, 0.3) is 11.1 Å². The molecular formula is C39H34N2O. The maximum Gasteiger partial charge on any atom is 0.0681 e. The number of aliphatic hydroxyl groups is 1. The summed E-state index contributed by atoms with van der Waals surface area (Å²) < 4.78 is 0. The second-order valence-corrected chi connectivity index (χ2v) is 10.6. The van der Waals surface area contributed by atoms with Gasteiger partial charge in [0.1, 0.15) is 0 Å². The Kier molecular flexibility index (Phi) is 7.85. The van der Waals surface area contributed by atoms with Crippen molar-refractivity contribution < 1.29 is 5.11 Å². The number of benzene rings is 6. The number of nitrogens with zero attached hydrogens (tertiary/aromatic N) is 2. The van der Waals surface area contributed by atoms with E-state index in [4.69, 9.17) is 0 Å². The van der Waals surface area contributed by atoms with Crippen LogP contribution in [-0.4, -0.2) is 5.11 Å². The van der Waals surface area contributed by atoms with Crippen molar-refractivity contribution in [3.63, 3.8) is 0 Å². The van der Waals surface area contributed by atoms with E-state index in [0.29, 0.717) is 0 Å². The minimum Gasteiger partial charge on any atom is -0.392 e. The summed E-state index contributed by atoms with van der Waals surface area (Å²) in [7, 11) is 0. The number of hydrogen-bond donors (Lipinski definition) is 1. The van der Waals surface area contributed by atoms with Gasteiger partial charge in [-0.05, 0) is 103 Å². The molecule has 6 aromatic rings. The van der Waals surface area contributed by atoms with Gasteiger partial charge in [-0.15, -0.1) is 0 Å².